The molecule has 9 nitrogen and oxygen atoms in total. The number of phenolic OH excluding ortho intramolecular Hbond substituents is 1. The van der Waals surface area contributed by atoms with E-state index >= 15 is 0 Å². The van der Waals surface area contributed by atoms with Gasteiger partial charge in [-0.3, -0.25) is 14.6 Å². The Balaban J connectivity index is 0.922. The summed E-state index contributed by atoms with van der Waals surface area (Å²) in [6.07, 6.45) is 6.95. The van der Waals surface area contributed by atoms with Crippen LogP contribution in [0.1, 0.15) is 58.6 Å². The van der Waals surface area contributed by atoms with Crippen molar-refractivity contribution in [3.8, 4) is 17.2 Å². The highest BCUT2D eigenvalue weighted by Crippen LogP contribution is 2.63. The number of aromatic hydroxyl groups is 1. The zero-order valence-electron chi connectivity index (χ0n) is 28.6. The summed E-state index contributed by atoms with van der Waals surface area (Å²) in [6.45, 7) is 2.99. The number of aryl methyl sites for hydroxylation is 1. The molecule has 3 fully saturated rings. The number of rotatable bonds is 7. The van der Waals surface area contributed by atoms with E-state index in [2.05, 4.69) is 0 Å². The zero-order chi connectivity index (χ0) is 35.2. The SMILES string of the molecule is COc1cc2c(cc1OCC13CC(C1)C(C(=O)N1C[C@@H](CCl)c4c1cc(O)c1cccc(C)c41)C3)N=C[C@@H]1CC(c3ccc(N)cc3)=CN1C2=O. The summed E-state index contributed by atoms with van der Waals surface area (Å²) in [5, 5.41) is 12.8. The van der Waals surface area contributed by atoms with Gasteiger partial charge in [0.1, 0.15) is 5.75 Å². The Labute approximate surface area is 301 Å². The van der Waals surface area contributed by atoms with Crippen molar-refractivity contribution in [2.24, 2.45) is 22.2 Å². The van der Waals surface area contributed by atoms with Gasteiger partial charge in [0.2, 0.25) is 5.91 Å². The van der Waals surface area contributed by atoms with Gasteiger partial charge in [0.25, 0.3) is 5.91 Å². The van der Waals surface area contributed by atoms with Gasteiger partial charge in [0.15, 0.2) is 11.5 Å². The third-order valence-corrected chi connectivity index (χ3v) is 12.3. The van der Waals surface area contributed by atoms with Crippen LogP contribution in [0.2, 0.25) is 0 Å². The monoisotopic (exact) mass is 702 g/mol. The smallest absolute Gasteiger partial charge is 0.260 e. The van der Waals surface area contributed by atoms with Crippen molar-refractivity contribution in [3.05, 3.63) is 89.1 Å². The summed E-state index contributed by atoms with van der Waals surface area (Å²) in [5.41, 5.74) is 12.4. The Hall–Kier alpha value is -5.02. The van der Waals surface area contributed by atoms with Crippen molar-refractivity contribution >= 4 is 63.0 Å². The Kier molecular flexibility index (Phi) is 7.37. The van der Waals surface area contributed by atoms with E-state index < -0.39 is 0 Å². The molecule has 0 spiro atoms. The third-order valence-electron chi connectivity index (χ3n) is 11.9. The lowest BCUT2D eigenvalue weighted by Gasteiger charge is -2.38. The number of halogens is 1. The molecule has 3 heterocycles. The second-order valence-corrected chi connectivity index (χ2v) is 15.3. The van der Waals surface area contributed by atoms with Crippen molar-refractivity contribution in [3.63, 3.8) is 0 Å². The predicted molar refractivity (Wildman–Crippen MR) is 199 cm³/mol. The molecule has 3 atom stereocenters. The Morgan fingerprint density at radius 3 is 2.67 bits per heavy atom. The molecule has 260 valence electrons. The summed E-state index contributed by atoms with van der Waals surface area (Å²) < 4.78 is 12.2. The van der Waals surface area contributed by atoms with E-state index in [9.17, 15) is 14.7 Å². The van der Waals surface area contributed by atoms with Crippen LogP contribution in [-0.4, -0.2) is 60.2 Å². The van der Waals surface area contributed by atoms with Gasteiger partial charge in [-0.25, -0.2) is 0 Å². The molecule has 0 radical (unpaired) electrons. The highest BCUT2D eigenvalue weighted by Gasteiger charge is 2.59. The average Bonchev–Trinajstić information content (AvgIpc) is 3.88. The minimum atomic E-state index is -0.194. The lowest BCUT2D eigenvalue weighted by molar-refractivity contribution is -0.123. The van der Waals surface area contributed by atoms with Gasteiger partial charge in [-0.05, 0) is 78.0 Å². The molecule has 6 aliphatic rings. The van der Waals surface area contributed by atoms with Crippen LogP contribution in [0.5, 0.6) is 17.2 Å². The first kappa shape index (κ1) is 31.9. The number of methoxy groups -OCH3 is 1. The number of hydrogen-bond acceptors (Lipinski definition) is 7. The number of alkyl halides is 1. The Bertz CT molecular complexity index is 2190. The van der Waals surface area contributed by atoms with Crippen LogP contribution >= 0.6 is 11.6 Å². The van der Waals surface area contributed by atoms with Gasteiger partial charge in [-0.15, -0.1) is 11.6 Å². The summed E-state index contributed by atoms with van der Waals surface area (Å²) in [6, 6.07) is 18.6. The number of anilines is 2. The van der Waals surface area contributed by atoms with Crippen molar-refractivity contribution in [2.75, 3.05) is 36.8 Å². The maximum Gasteiger partial charge on any atom is 0.260 e. The highest BCUT2D eigenvalue weighted by atomic mass is 35.5. The largest absolute Gasteiger partial charge is 0.507 e. The maximum absolute atomic E-state index is 14.3. The number of nitrogen functional groups attached to an aromatic ring is 1. The molecule has 0 saturated heterocycles. The topological polar surface area (TPSA) is 118 Å². The van der Waals surface area contributed by atoms with E-state index in [4.69, 9.17) is 31.8 Å². The second-order valence-electron chi connectivity index (χ2n) is 15.0. The first-order valence-electron chi connectivity index (χ1n) is 17.6. The van der Waals surface area contributed by atoms with Crippen LogP contribution in [0.25, 0.3) is 16.3 Å². The number of fused-ring (bicyclic) bond motifs is 6. The van der Waals surface area contributed by atoms with Crippen molar-refractivity contribution in [1.82, 2.24) is 4.90 Å². The fraction of sp³-hybridized carbons (Fsp3) is 0.341. The molecule has 3 saturated carbocycles. The van der Waals surface area contributed by atoms with Crippen LogP contribution in [0.15, 0.2) is 71.9 Å². The number of aliphatic imine (C=N–C) groups is 1. The molecule has 1 unspecified atom stereocenters. The van der Waals surface area contributed by atoms with Crippen LogP contribution in [-0.2, 0) is 4.79 Å². The van der Waals surface area contributed by atoms with Crippen molar-refractivity contribution in [1.29, 1.82) is 0 Å². The van der Waals surface area contributed by atoms with Crippen LogP contribution in [0.4, 0.5) is 17.1 Å². The molecule has 3 aliphatic carbocycles. The maximum atomic E-state index is 14.3. The fourth-order valence-electron chi connectivity index (χ4n) is 9.34. The quantitative estimate of drug-likeness (QED) is 0.152. The molecule has 3 aliphatic heterocycles. The second kappa shape index (κ2) is 11.8. The van der Waals surface area contributed by atoms with Crippen LogP contribution in [0, 0.1) is 24.2 Å². The molecule has 51 heavy (non-hydrogen) atoms. The number of benzene rings is 4. The minimum absolute atomic E-state index is 0.00287. The fourth-order valence-corrected chi connectivity index (χ4v) is 9.59. The number of phenols is 1. The van der Waals surface area contributed by atoms with Crippen molar-refractivity contribution in [2.45, 2.75) is 44.6 Å². The van der Waals surface area contributed by atoms with E-state index in [1.807, 2.05) is 66.7 Å². The zero-order valence-corrected chi connectivity index (χ0v) is 29.3. The first-order valence-corrected chi connectivity index (χ1v) is 18.1. The molecule has 10 rings (SSSR count). The lowest BCUT2D eigenvalue weighted by Crippen LogP contribution is -2.37. The number of carbonyl (C=O) groups is 2. The molecule has 4 aromatic carbocycles. The van der Waals surface area contributed by atoms with Crippen LogP contribution < -0.4 is 20.1 Å². The number of nitrogens with two attached hydrogens (primary N) is 1. The van der Waals surface area contributed by atoms with Gasteiger partial charge >= 0.3 is 0 Å². The average molecular weight is 703 g/mol. The summed E-state index contributed by atoms with van der Waals surface area (Å²) in [4.78, 5) is 36.4. The van der Waals surface area contributed by atoms with Gasteiger partial charge in [0.05, 0.1) is 36.7 Å². The molecule has 0 aromatic heterocycles. The first-order chi connectivity index (χ1) is 24.7. The van der Waals surface area contributed by atoms with E-state index in [1.165, 1.54) is 0 Å². The standard InChI is InChI=1S/C41H39ClN4O5/c1-22-4-3-5-29-34(47)13-33-38(37(22)29)26(17-42)20-46(33)40(49)31-16-41(14-25(31)15-41)21-51-36-12-32-30(11-35(36)50-2)39(48)45-19-24(10-28(45)18-44-32)23-6-8-27(43)9-7-23/h3-9,11-13,18-19,25-26,28,31,47H,10,14-17,20-21,43H2,1-2H3/t25?,26-,28+,31?,41?/m1/s1. The number of ether oxygens (including phenoxy) is 2. The van der Waals surface area contributed by atoms with Gasteiger partial charge in [-0.2, -0.15) is 0 Å². The Morgan fingerprint density at radius 2 is 1.90 bits per heavy atom. The molecule has 2 bridgehead atoms. The van der Waals surface area contributed by atoms with Crippen LogP contribution in [0.3, 0.4) is 0 Å². The van der Waals surface area contributed by atoms with E-state index in [0.29, 0.717) is 53.9 Å². The van der Waals surface area contributed by atoms with Crippen molar-refractivity contribution < 1.29 is 24.2 Å². The van der Waals surface area contributed by atoms with Gasteiger partial charge in [0, 0.05) is 71.7 Å². The number of nitrogens with zero attached hydrogens (tertiary/aromatic N) is 3. The summed E-state index contributed by atoms with van der Waals surface area (Å²) in [7, 11) is 1.57. The van der Waals surface area contributed by atoms with E-state index in [-0.39, 0.29) is 46.8 Å². The third kappa shape index (κ3) is 4.99. The predicted octanol–water partition coefficient (Wildman–Crippen LogP) is 7.58. The number of hydrogen-bond donors (Lipinski definition) is 2. The molecular formula is C41H39ClN4O5. The normalized spacial score (nSPS) is 25.6. The number of amides is 2. The number of carbonyl (C=O) groups excluding carboxylic acids is 2. The Morgan fingerprint density at radius 1 is 1.10 bits per heavy atom. The minimum Gasteiger partial charge on any atom is -0.507 e. The summed E-state index contributed by atoms with van der Waals surface area (Å²) in [5.74, 6) is 1.70. The highest BCUT2D eigenvalue weighted by molar-refractivity contribution is 6.19. The molecule has 3 N–H and O–H groups in total. The van der Waals surface area contributed by atoms with Gasteiger partial charge in [-0.1, -0.05) is 30.3 Å². The molecular weight excluding hydrogens is 664 g/mol. The van der Waals surface area contributed by atoms with Gasteiger partial charge < -0.3 is 30.1 Å². The molecule has 10 heteroatoms. The van der Waals surface area contributed by atoms with E-state index in [0.717, 1.165) is 58.0 Å². The lowest BCUT2D eigenvalue weighted by atomic mass is 9.70. The van der Waals surface area contributed by atoms with E-state index in [1.54, 1.807) is 30.2 Å². The summed E-state index contributed by atoms with van der Waals surface area (Å²) >= 11 is 6.50. The molecule has 2 amide bonds. The molecule has 4 aromatic rings.